The molecule has 0 radical (unpaired) electrons. The first-order valence-corrected chi connectivity index (χ1v) is 9.22. The van der Waals surface area contributed by atoms with Gasteiger partial charge in [0.15, 0.2) is 0 Å². The van der Waals surface area contributed by atoms with Crippen molar-refractivity contribution in [3.8, 4) is 0 Å². The highest BCUT2D eigenvalue weighted by Gasteiger charge is 2.18. The summed E-state index contributed by atoms with van der Waals surface area (Å²) in [6, 6.07) is 13.6. The van der Waals surface area contributed by atoms with Crippen LogP contribution in [-0.4, -0.2) is 35.1 Å². The third kappa shape index (κ3) is 5.21. The first-order chi connectivity index (χ1) is 12.2. The van der Waals surface area contributed by atoms with Crippen LogP contribution in [0.15, 0.2) is 58.2 Å². The van der Waals surface area contributed by atoms with Gasteiger partial charge in [-0.1, -0.05) is 40.2 Å². The summed E-state index contributed by atoms with van der Waals surface area (Å²) in [4.78, 5) is 18.3. The zero-order chi connectivity index (χ0) is 17.5. The van der Waals surface area contributed by atoms with E-state index in [0.29, 0.717) is 11.6 Å². The minimum Gasteiger partial charge on any atom is -0.299 e. The molecule has 2 aromatic rings. The molecule has 1 amide bonds. The van der Waals surface area contributed by atoms with E-state index in [1.807, 2.05) is 12.3 Å². The molecule has 0 atom stereocenters. The lowest BCUT2D eigenvalue weighted by Crippen LogP contribution is -2.34. The maximum Gasteiger partial charge on any atom is 0.289 e. The SMILES string of the molecule is O=C(NN=CC1CCN(Cc2ccccc2Br)CC1)c1ccccn1. The maximum atomic E-state index is 11.9. The lowest BCUT2D eigenvalue weighted by Gasteiger charge is -2.30. The van der Waals surface area contributed by atoms with Crippen LogP contribution in [-0.2, 0) is 6.54 Å². The number of carbonyl (C=O) groups excluding carboxylic acids is 1. The van der Waals surface area contributed by atoms with Gasteiger partial charge < -0.3 is 0 Å². The number of likely N-dealkylation sites (tertiary alicyclic amines) is 1. The highest BCUT2D eigenvalue weighted by Crippen LogP contribution is 2.21. The van der Waals surface area contributed by atoms with E-state index in [1.54, 1.807) is 24.4 Å². The summed E-state index contributed by atoms with van der Waals surface area (Å²) in [5.41, 5.74) is 4.25. The van der Waals surface area contributed by atoms with Crippen LogP contribution >= 0.6 is 15.9 Å². The van der Waals surface area contributed by atoms with Crippen molar-refractivity contribution in [1.29, 1.82) is 0 Å². The topological polar surface area (TPSA) is 57.6 Å². The number of benzene rings is 1. The van der Waals surface area contributed by atoms with Gasteiger partial charge in [0.1, 0.15) is 5.69 Å². The van der Waals surface area contributed by atoms with Crippen LogP contribution in [0.2, 0.25) is 0 Å². The summed E-state index contributed by atoms with van der Waals surface area (Å²) in [5, 5.41) is 4.10. The molecule has 130 valence electrons. The average Bonchev–Trinajstić information content (AvgIpc) is 2.65. The number of nitrogens with one attached hydrogen (secondary N) is 1. The predicted octanol–water partition coefficient (Wildman–Crippen LogP) is 3.47. The van der Waals surface area contributed by atoms with Gasteiger partial charge in [-0.15, -0.1) is 0 Å². The summed E-state index contributed by atoms with van der Waals surface area (Å²) < 4.78 is 1.16. The Labute approximate surface area is 156 Å². The van der Waals surface area contributed by atoms with Gasteiger partial charge >= 0.3 is 0 Å². The lowest BCUT2D eigenvalue weighted by molar-refractivity contribution is 0.0949. The third-order valence-corrected chi connectivity index (χ3v) is 5.11. The molecule has 1 fully saturated rings. The van der Waals surface area contributed by atoms with Crippen molar-refractivity contribution in [3.63, 3.8) is 0 Å². The summed E-state index contributed by atoms with van der Waals surface area (Å²) >= 11 is 3.61. The second kappa shape index (κ2) is 8.87. The molecule has 1 saturated heterocycles. The van der Waals surface area contributed by atoms with Gasteiger partial charge in [0, 0.05) is 23.4 Å². The fourth-order valence-electron chi connectivity index (χ4n) is 2.88. The van der Waals surface area contributed by atoms with Crippen molar-refractivity contribution >= 4 is 28.1 Å². The van der Waals surface area contributed by atoms with E-state index >= 15 is 0 Å². The van der Waals surface area contributed by atoms with Crippen LogP contribution in [0, 0.1) is 5.92 Å². The fraction of sp³-hybridized carbons (Fsp3) is 0.316. The fourth-order valence-corrected chi connectivity index (χ4v) is 3.29. The second-order valence-electron chi connectivity index (χ2n) is 6.14. The van der Waals surface area contributed by atoms with E-state index in [-0.39, 0.29) is 5.91 Å². The molecule has 0 saturated carbocycles. The first-order valence-electron chi connectivity index (χ1n) is 8.42. The van der Waals surface area contributed by atoms with Gasteiger partial charge in [-0.05, 0) is 55.6 Å². The lowest BCUT2D eigenvalue weighted by atomic mass is 9.98. The predicted molar refractivity (Wildman–Crippen MR) is 102 cm³/mol. The minimum atomic E-state index is -0.275. The van der Waals surface area contributed by atoms with Crippen molar-refractivity contribution < 1.29 is 4.79 Å². The Morgan fingerprint density at radius 1 is 1.24 bits per heavy atom. The van der Waals surface area contributed by atoms with Gasteiger partial charge in [0.2, 0.25) is 0 Å². The van der Waals surface area contributed by atoms with Gasteiger partial charge in [0.05, 0.1) is 0 Å². The molecule has 1 aliphatic rings. The highest BCUT2D eigenvalue weighted by molar-refractivity contribution is 9.10. The molecule has 1 aromatic carbocycles. The molecule has 0 aliphatic carbocycles. The largest absolute Gasteiger partial charge is 0.299 e. The van der Waals surface area contributed by atoms with Crippen molar-refractivity contribution in [2.45, 2.75) is 19.4 Å². The monoisotopic (exact) mass is 400 g/mol. The molecular weight excluding hydrogens is 380 g/mol. The summed E-state index contributed by atoms with van der Waals surface area (Å²) in [6.07, 6.45) is 5.55. The van der Waals surface area contributed by atoms with Gasteiger partial charge in [-0.3, -0.25) is 14.7 Å². The Morgan fingerprint density at radius 3 is 2.72 bits per heavy atom. The van der Waals surface area contributed by atoms with Gasteiger partial charge in [-0.25, -0.2) is 5.43 Å². The Bertz CT molecular complexity index is 727. The van der Waals surface area contributed by atoms with E-state index in [2.05, 4.69) is 54.5 Å². The normalized spacial score (nSPS) is 16.2. The molecular formula is C19H21BrN4O. The Kier molecular flexibility index (Phi) is 6.30. The molecule has 1 aliphatic heterocycles. The number of pyridine rings is 1. The Balaban J connectivity index is 1.43. The van der Waals surface area contributed by atoms with E-state index < -0.39 is 0 Å². The zero-order valence-corrected chi connectivity index (χ0v) is 15.5. The van der Waals surface area contributed by atoms with Crippen LogP contribution in [0.25, 0.3) is 0 Å². The standard InChI is InChI=1S/C19H21BrN4O/c20-17-6-2-1-5-16(17)14-24-11-8-15(9-12-24)13-22-23-19(25)18-7-3-4-10-21-18/h1-7,10,13,15H,8-9,11-12,14H2,(H,23,25). The van der Waals surface area contributed by atoms with Crippen LogP contribution in [0.4, 0.5) is 0 Å². The van der Waals surface area contributed by atoms with E-state index in [4.69, 9.17) is 0 Å². The van der Waals surface area contributed by atoms with Crippen molar-refractivity contribution in [2.24, 2.45) is 11.0 Å². The molecule has 3 rings (SSSR count). The number of amides is 1. The second-order valence-corrected chi connectivity index (χ2v) is 6.99. The van der Waals surface area contributed by atoms with Crippen molar-refractivity contribution in [2.75, 3.05) is 13.1 Å². The zero-order valence-electron chi connectivity index (χ0n) is 13.9. The number of hydrogen-bond acceptors (Lipinski definition) is 4. The first kappa shape index (κ1) is 17.8. The summed E-state index contributed by atoms with van der Waals surface area (Å²) in [5.74, 6) is 0.128. The molecule has 1 aromatic heterocycles. The summed E-state index contributed by atoms with van der Waals surface area (Å²) in [7, 11) is 0. The van der Waals surface area contributed by atoms with E-state index in [9.17, 15) is 4.79 Å². The molecule has 2 heterocycles. The third-order valence-electron chi connectivity index (χ3n) is 4.33. The molecule has 0 unspecified atom stereocenters. The molecule has 1 N–H and O–H groups in total. The number of halogens is 1. The number of aromatic nitrogens is 1. The van der Waals surface area contributed by atoms with E-state index in [1.165, 1.54) is 5.56 Å². The Morgan fingerprint density at radius 2 is 2.00 bits per heavy atom. The van der Waals surface area contributed by atoms with Crippen molar-refractivity contribution in [1.82, 2.24) is 15.3 Å². The maximum absolute atomic E-state index is 11.9. The number of nitrogens with zero attached hydrogens (tertiary/aromatic N) is 3. The van der Waals surface area contributed by atoms with Gasteiger partial charge in [-0.2, -0.15) is 5.10 Å². The minimum absolute atomic E-state index is 0.275. The highest BCUT2D eigenvalue weighted by atomic mass is 79.9. The average molecular weight is 401 g/mol. The Hall–Kier alpha value is -2.05. The van der Waals surface area contributed by atoms with E-state index in [0.717, 1.165) is 36.9 Å². The number of hydrogen-bond donors (Lipinski definition) is 1. The molecule has 0 spiro atoms. The number of rotatable bonds is 5. The van der Waals surface area contributed by atoms with Crippen LogP contribution in [0.1, 0.15) is 28.9 Å². The summed E-state index contributed by atoms with van der Waals surface area (Å²) in [6.45, 7) is 3.03. The quantitative estimate of drug-likeness (QED) is 0.617. The number of carbonyl (C=O) groups is 1. The smallest absolute Gasteiger partial charge is 0.289 e. The molecule has 25 heavy (non-hydrogen) atoms. The van der Waals surface area contributed by atoms with Gasteiger partial charge in [0.25, 0.3) is 5.91 Å². The number of hydrazone groups is 1. The van der Waals surface area contributed by atoms with Crippen LogP contribution in [0.3, 0.4) is 0 Å². The molecule has 0 bridgehead atoms. The van der Waals surface area contributed by atoms with Crippen LogP contribution in [0.5, 0.6) is 0 Å². The molecule has 6 heteroatoms. The van der Waals surface area contributed by atoms with Crippen molar-refractivity contribution in [3.05, 3.63) is 64.4 Å². The van der Waals surface area contributed by atoms with Crippen LogP contribution < -0.4 is 5.43 Å². The molecule has 5 nitrogen and oxygen atoms in total. The number of piperidine rings is 1.